The molecule has 1 N–H and O–H groups in total. The van der Waals surface area contributed by atoms with Gasteiger partial charge in [0.05, 0.1) is 13.0 Å². The van der Waals surface area contributed by atoms with Gasteiger partial charge in [0, 0.05) is 12.0 Å². The lowest BCUT2D eigenvalue weighted by atomic mass is 10.0. The van der Waals surface area contributed by atoms with Crippen LogP contribution < -0.4 is 4.74 Å². The van der Waals surface area contributed by atoms with E-state index in [0.717, 1.165) is 0 Å². The molecule has 0 radical (unpaired) electrons. The fourth-order valence-corrected chi connectivity index (χ4v) is 2.57. The van der Waals surface area contributed by atoms with Crippen LogP contribution in [-0.2, 0) is 4.79 Å². The van der Waals surface area contributed by atoms with Gasteiger partial charge in [-0.2, -0.15) is 0 Å². The van der Waals surface area contributed by atoms with Gasteiger partial charge in [-0.15, -0.1) is 0 Å². The first kappa shape index (κ1) is 11.9. The molecular weight excluding hydrogens is 223 g/mol. The number of hydrogen-bond acceptors (Lipinski definition) is 2. The van der Waals surface area contributed by atoms with Crippen molar-refractivity contribution in [1.82, 2.24) is 0 Å². The summed E-state index contributed by atoms with van der Waals surface area (Å²) in [5.74, 6) is -1.59. The molecule has 0 spiro atoms. The minimum absolute atomic E-state index is 0.258. The average Bonchev–Trinajstić information content (AvgIpc) is 2.81. The molecule has 2 atom stereocenters. The van der Waals surface area contributed by atoms with Crippen LogP contribution in [0.4, 0.5) is 4.39 Å². The lowest BCUT2D eigenvalue weighted by Crippen LogP contribution is -2.03. The summed E-state index contributed by atoms with van der Waals surface area (Å²) in [6, 6.07) is 4.57. The highest BCUT2D eigenvalue weighted by Gasteiger charge is 2.63. The lowest BCUT2D eigenvalue weighted by Gasteiger charge is -2.06. The van der Waals surface area contributed by atoms with E-state index < -0.39 is 17.7 Å². The van der Waals surface area contributed by atoms with E-state index in [0.29, 0.717) is 11.3 Å². The van der Waals surface area contributed by atoms with E-state index in [9.17, 15) is 9.18 Å². The van der Waals surface area contributed by atoms with Crippen molar-refractivity contribution in [3.8, 4) is 5.75 Å². The molecule has 0 saturated heterocycles. The maximum Gasteiger partial charge on any atom is 0.307 e. The highest BCUT2D eigenvalue weighted by atomic mass is 19.1. The maximum atomic E-state index is 13.8. The second-order valence-electron chi connectivity index (χ2n) is 5.00. The molecule has 0 aliphatic heterocycles. The molecule has 1 fully saturated rings. The first-order chi connectivity index (χ1) is 7.89. The molecule has 1 saturated carbocycles. The van der Waals surface area contributed by atoms with Crippen molar-refractivity contribution >= 4 is 5.97 Å². The number of halogens is 1. The van der Waals surface area contributed by atoms with E-state index in [2.05, 4.69) is 0 Å². The monoisotopic (exact) mass is 238 g/mol. The van der Waals surface area contributed by atoms with Crippen molar-refractivity contribution in [1.29, 1.82) is 0 Å². The van der Waals surface area contributed by atoms with Crippen molar-refractivity contribution < 1.29 is 19.0 Å². The molecule has 4 heteroatoms. The van der Waals surface area contributed by atoms with Crippen LogP contribution in [0.15, 0.2) is 18.2 Å². The van der Waals surface area contributed by atoms with Crippen LogP contribution in [0.5, 0.6) is 5.75 Å². The highest BCUT2D eigenvalue weighted by Crippen LogP contribution is 2.64. The topological polar surface area (TPSA) is 46.5 Å². The molecule has 0 heterocycles. The van der Waals surface area contributed by atoms with Crippen LogP contribution in [0.2, 0.25) is 0 Å². The minimum atomic E-state index is -0.866. The number of ether oxygens (including phenoxy) is 1. The van der Waals surface area contributed by atoms with Gasteiger partial charge in [0.15, 0.2) is 0 Å². The van der Waals surface area contributed by atoms with Crippen molar-refractivity contribution in [2.75, 3.05) is 7.11 Å². The zero-order chi connectivity index (χ0) is 12.8. The summed E-state index contributed by atoms with van der Waals surface area (Å²) >= 11 is 0. The summed E-state index contributed by atoms with van der Waals surface area (Å²) in [6.45, 7) is 3.69. The number of hydrogen-bond donors (Lipinski definition) is 1. The summed E-state index contributed by atoms with van der Waals surface area (Å²) in [5.41, 5.74) is 0.0737. The van der Waals surface area contributed by atoms with E-state index in [1.54, 1.807) is 12.1 Å². The molecule has 1 aliphatic carbocycles. The van der Waals surface area contributed by atoms with Gasteiger partial charge in [-0.3, -0.25) is 4.79 Å². The summed E-state index contributed by atoms with van der Waals surface area (Å²) < 4.78 is 18.8. The Labute approximate surface area is 99.2 Å². The predicted octanol–water partition coefficient (Wildman–Crippen LogP) is 2.66. The molecule has 0 unspecified atom stereocenters. The van der Waals surface area contributed by atoms with Gasteiger partial charge in [0.1, 0.15) is 11.6 Å². The van der Waals surface area contributed by atoms with Crippen LogP contribution in [0.25, 0.3) is 0 Å². The van der Waals surface area contributed by atoms with Crippen molar-refractivity contribution in [3.63, 3.8) is 0 Å². The number of carboxylic acid groups (broad SMARTS) is 1. The minimum Gasteiger partial charge on any atom is -0.497 e. The molecule has 92 valence electrons. The van der Waals surface area contributed by atoms with Crippen LogP contribution >= 0.6 is 0 Å². The SMILES string of the molecule is COc1ccc([C@H]2[C@H](C(=O)O)C2(C)C)c(F)c1. The van der Waals surface area contributed by atoms with Crippen LogP contribution in [0.3, 0.4) is 0 Å². The Hall–Kier alpha value is -1.58. The Morgan fingerprint density at radius 3 is 2.53 bits per heavy atom. The van der Waals surface area contributed by atoms with Crippen molar-refractivity contribution in [3.05, 3.63) is 29.6 Å². The Morgan fingerprint density at radius 1 is 1.47 bits per heavy atom. The van der Waals surface area contributed by atoms with Crippen LogP contribution in [0.1, 0.15) is 25.3 Å². The molecule has 1 aromatic rings. The van der Waals surface area contributed by atoms with Crippen molar-refractivity contribution in [2.45, 2.75) is 19.8 Å². The van der Waals surface area contributed by atoms with Gasteiger partial charge in [-0.25, -0.2) is 4.39 Å². The van der Waals surface area contributed by atoms with E-state index in [-0.39, 0.29) is 11.3 Å². The Bertz CT molecular complexity index is 468. The average molecular weight is 238 g/mol. The van der Waals surface area contributed by atoms with E-state index in [1.807, 2.05) is 13.8 Å². The van der Waals surface area contributed by atoms with E-state index in [4.69, 9.17) is 9.84 Å². The zero-order valence-corrected chi connectivity index (χ0v) is 10.0. The largest absolute Gasteiger partial charge is 0.497 e. The Morgan fingerprint density at radius 2 is 2.12 bits per heavy atom. The molecule has 0 aromatic heterocycles. The predicted molar refractivity (Wildman–Crippen MR) is 60.6 cm³/mol. The standard InChI is InChI=1S/C13H15FO3/c1-13(2)10(11(13)12(15)16)8-5-4-7(17-3)6-9(8)14/h4-6,10-11H,1-3H3,(H,15,16)/t10-,11+/m0/s1. The molecule has 1 aromatic carbocycles. The van der Waals surface area contributed by atoms with Gasteiger partial charge in [0.25, 0.3) is 0 Å². The van der Waals surface area contributed by atoms with E-state index >= 15 is 0 Å². The number of methoxy groups -OCH3 is 1. The molecule has 17 heavy (non-hydrogen) atoms. The molecular formula is C13H15FO3. The van der Waals surface area contributed by atoms with Gasteiger partial charge >= 0.3 is 5.97 Å². The first-order valence-electron chi connectivity index (χ1n) is 5.46. The molecule has 1 aliphatic rings. The molecule has 0 amide bonds. The fraction of sp³-hybridized carbons (Fsp3) is 0.462. The van der Waals surface area contributed by atoms with Gasteiger partial charge < -0.3 is 9.84 Å². The fourth-order valence-electron chi connectivity index (χ4n) is 2.57. The zero-order valence-electron chi connectivity index (χ0n) is 10.0. The second kappa shape index (κ2) is 3.72. The highest BCUT2D eigenvalue weighted by molar-refractivity contribution is 5.77. The number of benzene rings is 1. The maximum absolute atomic E-state index is 13.8. The third-order valence-corrected chi connectivity index (χ3v) is 3.64. The van der Waals surface area contributed by atoms with E-state index in [1.165, 1.54) is 13.2 Å². The number of aliphatic carboxylic acids is 1. The number of rotatable bonds is 3. The number of carboxylic acids is 1. The first-order valence-corrected chi connectivity index (χ1v) is 5.46. The van der Waals surface area contributed by atoms with Gasteiger partial charge in [-0.1, -0.05) is 19.9 Å². The third-order valence-electron chi connectivity index (χ3n) is 3.64. The van der Waals surface area contributed by atoms with Gasteiger partial charge in [-0.05, 0) is 17.0 Å². The molecule has 3 nitrogen and oxygen atoms in total. The normalized spacial score (nSPS) is 25.4. The van der Waals surface area contributed by atoms with Gasteiger partial charge in [0.2, 0.25) is 0 Å². The van der Waals surface area contributed by atoms with Crippen molar-refractivity contribution in [2.24, 2.45) is 11.3 Å². The Kier molecular flexibility index (Phi) is 2.60. The smallest absolute Gasteiger partial charge is 0.307 e. The Balaban J connectivity index is 2.34. The summed E-state index contributed by atoms with van der Waals surface area (Å²) in [5, 5.41) is 9.07. The van der Waals surface area contributed by atoms with Crippen LogP contribution in [-0.4, -0.2) is 18.2 Å². The molecule has 0 bridgehead atoms. The lowest BCUT2D eigenvalue weighted by molar-refractivity contribution is -0.139. The quantitative estimate of drug-likeness (QED) is 0.880. The number of carbonyl (C=O) groups is 1. The molecule has 2 rings (SSSR count). The second-order valence-corrected chi connectivity index (χ2v) is 5.00. The summed E-state index contributed by atoms with van der Waals surface area (Å²) in [4.78, 5) is 11.0. The van der Waals surface area contributed by atoms with Crippen LogP contribution in [0, 0.1) is 17.2 Å². The third kappa shape index (κ3) is 1.77. The summed E-state index contributed by atoms with van der Waals surface area (Å²) in [7, 11) is 1.47. The summed E-state index contributed by atoms with van der Waals surface area (Å²) in [6.07, 6.45) is 0.